The van der Waals surface area contributed by atoms with Crippen LogP contribution in [-0.2, 0) is 14.6 Å². The van der Waals surface area contributed by atoms with Crippen LogP contribution in [0.1, 0.15) is 19.4 Å². The van der Waals surface area contributed by atoms with Crippen molar-refractivity contribution < 1.29 is 23.1 Å². The van der Waals surface area contributed by atoms with Crippen molar-refractivity contribution in [1.82, 2.24) is 10.2 Å². The van der Waals surface area contributed by atoms with Gasteiger partial charge in [0.1, 0.15) is 0 Å². The van der Waals surface area contributed by atoms with Gasteiger partial charge in [-0.15, -0.1) is 0 Å². The van der Waals surface area contributed by atoms with E-state index in [1.165, 1.54) is 18.9 Å². The molecular formula is C16H24N2O5S. The van der Waals surface area contributed by atoms with E-state index in [2.05, 4.69) is 5.32 Å². The summed E-state index contributed by atoms with van der Waals surface area (Å²) < 4.78 is 24.7. The average Bonchev–Trinajstić information content (AvgIpc) is 2.46. The smallest absolute Gasteiger partial charge is 0.317 e. The number of carbonyl (C=O) groups is 2. The minimum atomic E-state index is -3.51. The van der Waals surface area contributed by atoms with Crippen LogP contribution in [0, 0.1) is 12.8 Å². The predicted octanol–water partition coefficient (Wildman–Crippen LogP) is 1.52. The molecule has 1 rings (SSSR count). The molecule has 0 radical (unpaired) electrons. The molecule has 7 nitrogen and oxygen atoms in total. The summed E-state index contributed by atoms with van der Waals surface area (Å²) in [6.45, 7) is 5.00. The Kier molecular flexibility index (Phi) is 6.77. The van der Waals surface area contributed by atoms with Gasteiger partial charge in [-0.25, -0.2) is 13.2 Å². The Morgan fingerprint density at radius 2 is 1.75 bits per heavy atom. The molecule has 2 atom stereocenters. The lowest BCUT2D eigenvalue weighted by Gasteiger charge is -2.22. The number of urea groups is 1. The molecule has 0 saturated carbocycles. The average molecular weight is 356 g/mol. The quantitative estimate of drug-likeness (QED) is 0.771. The number of carboxylic acid groups (broad SMARTS) is 1. The minimum absolute atomic E-state index is 0.0403. The largest absolute Gasteiger partial charge is 0.481 e. The Labute approximate surface area is 142 Å². The van der Waals surface area contributed by atoms with Crippen LogP contribution in [0.2, 0.25) is 0 Å². The van der Waals surface area contributed by atoms with Gasteiger partial charge in [-0.3, -0.25) is 4.79 Å². The molecule has 0 saturated heterocycles. The van der Waals surface area contributed by atoms with Gasteiger partial charge in [-0.2, -0.15) is 0 Å². The van der Waals surface area contributed by atoms with Gasteiger partial charge in [0, 0.05) is 19.6 Å². The summed E-state index contributed by atoms with van der Waals surface area (Å²) in [6, 6.07) is 5.41. The Morgan fingerprint density at radius 1 is 1.21 bits per heavy atom. The van der Waals surface area contributed by atoms with E-state index in [1.54, 1.807) is 31.2 Å². The molecule has 0 aliphatic carbocycles. The maximum atomic E-state index is 12.3. The van der Waals surface area contributed by atoms with E-state index in [9.17, 15) is 18.0 Å². The highest BCUT2D eigenvalue weighted by Crippen LogP contribution is 2.13. The van der Waals surface area contributed by atoms with Crippen molar-refractivity contribution >= 4 is 21.8 Å². The number of aryl methyl sites for hydroxylation is 1. The summed E-state index contributed by atoms with van der Waals surface area (Å²) >= 11 is 0. The van der Waals surface area contributed by atoms with Gasteiger partial charge in [-0.1, -0.05) is 24.6 Å². The van der Waals surface area contributed by atoms with Crippen molar-refractivity contribution in [3.8, 4) is 0 Å². The molecule has 8 heteroatoms. The number of carboxylic acids is 1. The molecule has 2 unspecified atom stereocenters. The van der Waals surface area contributed by atoms with Crippen LogP contribution in [-0.4, -0.2) is 55.8 Å². The van der Waals surface area contributed by atoms with Gasteiger partial charge >= 0.3 is 12.0 Å². The van der Waals surface area contributed by atoms with E-state index in [0.29, 0.717) is 0 Å². The van der Waals surface area contributed by atoms with Gasteiger partial charge in [0.15, 0.2) is 9.84 Å². The number of nitrogens with zero attached hydrogens (tertiary/aromatic N) is 1. The van der Waals surface area contributed by atoms with E-state index < -0.39 is 33.8 Å². The van der Waals surface area contributed by atoms with Gasteiger partial charge in [0.05, 0.1) is 16.6 Å². The van der Waals surface area contributed by atoms with Crippen molar-refractivity contribution in [2.24, 2.45) is 5.92 Å². The number of rotatable bonds is 7. The first-order valence-corrected chi connectivity index (χ1v) is 9.22. The zero-order chi connectivity index (χ0) is 18.5. The predicted molar refractivity (Wildman–Crippen MR) is 90.7 cm³/mol. The maximum Gasteiger partial charge on any atom is 0.317 e. The van der Waals surface area contributed by atoms with E-state index in [-0.39, 0.29) is 17.2 Å². The van der Waals surface area contributed by atoms with Crippen molar-refractivity contribution in [2.45, 2.75) is 31.7 Å². The summed E-state index contributed by atoms with van der Waals surface area (Å²) in [5.41, 5.74) is 0.962. The third-order valence-corrected chi connectivity index (χ3v) is 5.46. The molecule has 0 aromatic heterocycles. The van der Waals surface area contributed by atoms with E-state index in [4.69, 9.17) is 5.11 Å². The van der Waals surface area contributed by atoms with Crippen LogP contribution in [0.15, 0.2) is 29.2 Å². The zero-order valence-corrected chi connectivity index (χ0v) is 15.1. The summed E-state index contributed by atoms with van der Waals surface area (Å²) in [6.07, 6.45) is 0. The van der Waals surface area contributed by atoms with Crippen LogP contribution in [0.25, 0.3) is 0 Å². The molecular weight excluding hydrogens is 332 g/mol. The number of sulfone groups is 1. The van der Waals surface area contributed by atoms with Crippen molar-refractivity contribution in [3.63, 3.8) is 0 Å². The van der Waals surface area contributed by atoms with Gasteiger partial charge in [-0.05, 0) is 26.0 Å². The molecule has 0 bridgehead atoms. The lowest BCUT2D eigenvalue weighted by molar-refractivity contribution is -0.141. The van der Waals surface area contributed by atoms with Crippen LogP contribution >= 0.6 is 0 Å². The Morgan fingerprint density at radius 3 is 2.25 bits per heavy atom. The number of amides is 2. The van der Waals surface area contributed by atoms with Crippen LogP contribution < -0.4 is 5.32 Å². The summed E-state index contributed by atoms with van der Waals surface area (Å²) in [5.74, 6) is -1.93. The topological polar surface area (TPSA) is 104 Å². The highest BCUT2D eigenvalue weighted by molar-refractivity contribution is 7.91. The SMILES string of the molecule is Cc1ccc(S(=O)(=O)CC(C)NC(=O)N(C)CC(C)C(=O)O)cc1. The molecule has 0 aliphatic heterocycles. The molecule has 0 aliphatic rings. The number of carbonyl (C=O) groups excluding carboxylic acids is 1. The van der Waals surface area contributed by atoms with Crippen LogP contribution in [0.3, 0.4) is 0 Å². The van der Waals surface area contributed by atoms with Crippen molar-refractivity contribution in [1.29, 1.82) is 0 Å². The Bertz CT molecular complexity index is 685. The fourth-order valence-corrected chi connectivity index (χ4v) is 3.59. The lowest BCUT2D eigenvalue weighted by atomic mass is 10.2. The first-order chi connectivity index (χ1) is 11.0. The molecule has 0 heterocycles. The monoisotopic (exact) mass is 356 g/mol. The van der Waals surface area contributed by atoms with Crippen molar-refractivity contribution in [2.75, 3.05) is 19.3 Å². The Hall–Kier alpha value is -2.09. The third kappa shape index (κ3) is 5.84. The summed E-state index contributed by atoms with van der Waals surface area (Å²) in [4.78, 5) is 24.3. The molecule has 24 heavy (non-hydrogen) atoms. The number of hydrogen-bond donors (Lipinski definition) is 2. The second-order valence-electron chi connectivity index (χ2n) is 6.06. The van der Waals surface area contributed by atoms with Crippen LogP contribution in [0.4, 0.5) is 4.79 Å². The fourth-order valence-electron chi connectivity index (χ4n) is 2.11. The zero-order valence-electron chi connectivity index (χ0n) is 14.3. The molecule has 134 valence electrons. The number of nitrogens with one attached hydrogen (secondary N) is 1. The fraction of sp³-hybridized carbons (Fsp3) is 0.500. The van der Waals surface area contributed by atoms with Gasteiger partial charge < -0.3 is 15.3 Å². The first kappa shape index (κ1) is 20.0. The standard InChI is InChI=1S/C16H24N2O5S/c1-11-5-7-14(8-6-11)24(22,23)10-13(3)17-16(21)18(4)9-12(2)15(19)20/h5-8,12-13H,9-10H2,1-4H3,(H,17,21)(H,19,20). The normalized spacial score (nSPS) is 13.8. The summed E-state index contributed by atoms with van der Waals surface area (Å²) in [5, 5.41) is 11.4. The molecule has 0 spiro atoms. The third-order valence-electron chi connectivity index (χ3n) is 3.54. The molecule has 2 amide bonds. The Balaban J connectivity index is 2.64. The number of hydrogen-bond acceptors (Lipinski definition) is 4. The molecule has 0 fully saturated rings. The van der Waals surface area contributed by atoms with E-state index >= 15 is 0 Å². The minimum Gasteiger partial charge on any atom is -0.481 e. The number of aliphatic carboxylic acids is 1. The first-order valence-electron chi connectivity index (χ1n) is 7.56. The second kappa shape index (κ2) is 8.14. The van der Waals surface area contributed by atoms with Crippen molar-refractivity contribution in [3.05, 3.63) is 29.8 Å². The second-order valence-corrected chi connectivity index (χ2v) is 8.10. The highest BCUT2D eigenvalue weighted by atomic mass is 32.2. The maximum absolute atomic E-state index is 12.3. The molecule has 1 aromatic rings. The van der Waals surface area contributed by atoms with E-state index in [0.717, 1.165) is 5.56 Å². The number of benzene rings is 1. The summed E-state index contributed by atoms with van der Waals surface area (Å²) in [7, 11) is -2.04. The van der Waals surface area contributed by atoms with Gasteiger partial charge in [0.25, 0.3) is 0 Å². The highest BCUT2D eigenvalue weighted by Gasteiger charge is 2.22. The molecule has 2 N–H and O–H groups in total. The van der Waals surface area contributed by atoms with Gasteiger partial charge in [0.2, 0.25) is 0 Å². The molecule has 1 aromatic carbocycles. The van der Waals surface area contributed by atoms with Crippen LogP contribution in [0.5, 0.6) is 0 Å². The lowest BCUT2D eigenvalue weighted by Crippen LogP contribution is -2.46. The van der Waals surface area contributed by atoms with E-state index in [1.807, 2.05) is 6.92 Å².